The van der Waals surface area contributed by atoms with Crippen LogP contribution < -0.4 is 5.73 Å². The van der Waals surface area contributed by atoms with Crippen molar-refractivity contribution < 1.29 is 4.79 Å². The summed E-state index contributed by atoms with van der Waals surface area (Å²) in [5.41, 5.74) is 4.75. The van der Waals surface area contributed by atoms with Crippen LogP contribution in [0.2, 0.25) is 0 Å². The van der Waals surface area contributed by atoms with Gasteiger partial charge in [0.2, 0.25) is 0 Å². The summed E-state index contributed by atoms with van der Waals surface area (Å²) in [5, 5.41) is 3.03. The molecule has 5 heteroatoms. The third-order valence-corrected chi connectivity index (χ3v) is 0.898. The molecule has 0 atom stereocenters. The SMILES string of the molecule is C=CCCN(N=O)C(N)=O. The summed E-state index contributed by atoms with van der Waals surface area (Å²) in [7, 11) is 0. The topological polar surface area (TPSA) is 75.8 Å². The summed E-state index contributed by atoms with van der Waals surface area (Å²) < 4.78 is 0. The molecule has 5 nitrogen and oxygen atoms in total. The number of urea groups is 1. The number of carbonyl (C=O) groups is 1. The Balaban J connectivity index is 3.71. The Morgan fingerprint density at radius 2 is 2.40 bits per heavy atom. The minimum atomic E-state index is -0.836. The van der Waals surface area contributed by atoms with Crippen LogP contribution in [0.25, 0.3) is 0 Å². The van der Waals surface area contributed by atoms with E-state index in [1.807, 2.05) is 0 Å². The van der Waals surface area contributed by atoms with Gasteiger partial charge in [0.15, 0.2) is 0 Å². The Hall–Kier alpha value is -1.39. The average molecular weight is 143 g/mol. The molecule has 0 radical (unpaired) electrons. The summed E-state index contributed by atoms with van der Waals surface area (Å²) in [4.78, 5) is 20.0. The van der Waals surface area contributed by atoms with Gasteiger partial charge in [-0.05, 0) is 6.42 Å². The number of hydrogen-bond acceptors (Lipinski definition) is 3. The number of carbonyl (C=O) groups excluding carboxylic acids is 1. The van der Waals surface area contributed by atoms with Crippen molar-refractivity contribution in [2.45, 2.75) is 6.42 Å². The van der Waals surface area contributed by atoms with E-state index in [-0.39, 0.29) is 6.54 Å². The van der Waals surface area contributed by atoms with E-state index in [2.05, 4.69) is 11.9 Å². The molecule has 0 bridgehead atoms. The van der Waals surface area contributed by atoms with Gasteiger partial charge >= 0.3 is 6.03 Å². The van der Waals surface area contributed by atoms with Gasteiger partial charge in [0.05, 0.1) is 11.8 Å². The van der Waals surface area contributed by atoms with Gasteiger partial charge in [-0.3, -0.25) is 0 Å². The van der Waals surface area contributed by atoms with Crippen LogP contribution in [0.1, 0.15) is 6.42 Å². The molecule has 0 unspecified atom stereocenters. The van der Waals surface area contributed by atoms with Crippen LogP contribution in [-0.4, -0.2) is 17.6 Å². The van der Waals surface area contributed by atoms with Gasteiger partial charge in [0.1, 0.15) is 0 Å². The van der Waals surface area contributed by atoms with Crippen LogP contribution in [-0.2, 0) is 0 Å². The van der Waals surface area contributed by atoms with Crippen molar-refractivity contribution in [2.75, 3.05) is 6.54 Å². The molecule has 0 spiro atoms. The molecule has 0 saturated heterocycles. The standard InChI is InChI=1S/C5H9N3O2/c1-2-3-4-8(7-10)5(6)9/h2H,1,3-4H2,(H2,6,9). The fourth-order valence-corrected chi connectivity index (χ4v) is 0.405. The monoisotopic (exact) mass is 143 g/mol. The Labute approximate surface area is 58.4 Å². The number of amides is 2. The molecule has 10 heavy (non-hydrogen) atoms. The van der Waals surface area contributed by atoms with E-state index in [0.29, 0.717) is 11.4 Å². The normalized spacial score (nSPS) is 8.40. The molecule has 56 valence electrons. The second-order valence-electron chi connectivity index (χ2n) is 1.62. The molecule has 0 aromatic carbocycles. The number of nitrogens with zero attached hydrogens (tertiary/aromatic N) is 2. The number of hydrogen-bond donors (Lipinski definition) is 1. The van der Waals surface area contributed by atoms with Gasteiger partial charge < -0.3 is 5.73 Å². The quantitative estimate of drug-likeness (QED) is 0.356. The third-order valence-electron chi connectivity index (χ3n) is 0.898. The van der Waals surface area contributed by atoms with Crippen LogP contribution in [0.15, 0.2) is 17.9 Å². The lowest BCUT2D eigenvalue weighted by atomic mass is 10.4. The molecule has 0 aromatic heterocycles. The third kappa shape index (κ3) is 2.81. The smallest absolute Gasteiger partial charge is 0.337 e. The molecule has 0 aliphatic carbocycles. The molecule has 0 heterocycles. The molecular formula is C5H9N3O2. The summed E-state index contributed by atoms with van der Waals surface area (Å²) in [6.07, 6.45) is 2.08. The summed E-state index contributed by atoms with van der Waals surface area (Å²) in [6.45, 7) is 3.60. The molecule has 0 aliphatic heterocycles. The van der Waals surface area contributed by atoms with Crippen molar-refractivity contribution in [3.05, 3.63) is 17.6 Å². The molecule has 2 amide bonds. The maximum Gasteiger partial charge on any atom is 0.337 e. The molecule has 0 rings (SSSR count). The first-order valence-corrected chi connectivity index (χ1v) is 2.73. The fraction of sp³-hybridized carbons (Fsp3) is 0.400. The van der Waals surface area contributed by atoms with Crippen LogP contribution in [0.3, 0.4) is 0 Å². The molecular weight excluding hydrogens is 134 g/mol. The molecule has 0 aromatic rings. The van der Waals surface area contributed by atoms with Crippen molar-refractivity contribution in [3.63, 3.8) is 0 Å². The second-order valence-corrected chi connectivity index (χ2v) is 1.62. The van der Waals surface area contributed by atoms with Crippen LogP contribution in [0, 0.1) is 4.91 Å². The molecule has 0 saturated carbocycles. The summed E-state index contributed by atoms with van der Waals surface area (Å²) in [5.74, 6) is 0. The zero-order chi connectivity index (χ0) is 7.98. The fourth-order valence-electron chi connectivity index (χ4n) is 0.405. The minimum absolute atomic E-state index is 0.197. The van der Waals surface area contributed by atoms with Crippen LogP contribution >= 0.6 is 0 Å². The molecule has 0 fully saturated rings. The van der Waals surface area contributed by atoms with Gasteiger partial charge in [-0.1, -0.05) is 6.08 Å². The zero-order valence-electron chi connectivity index (χ0n) is 5.49. The highest BCUT2D eigenvalue weighted by Gasteiger charge is 2.06. The van der Waals surface area contributed by atoms with Crippen LogP contribution in [0.4, 0.5) is 4.79 Å². The lowest BCUT2D eigenvalue weighted by Crippen LogP contribution is -2.31. The highest BCUT2D eigenvalue weighted by molar-refractivity contribution is 5.71. The minimum Gasteiger partial charge on any atom is -0.350 e. The van der Waals surface area contributed by atoms with Crippen molar-refractivity contribution in [3.8, 4) is 0 Å². The van der Waals surface area contributed by atoms with E-state index < -0.39 is 6.03 Å². The van der Waals surface area contributed by atoms with E-state index >= 15 is 0 Å². The first-order chi connectivity index (χ1) is 4.72. The number of nitrogens with two attached hydrogens (primary N) is 1. The van der Waals surface area contributed by atoms with Crippen molar-refractivity contribution in [2.24, 2.45) is 11.0 Å². The summed E-state index contributed by atoms with van der Waals surface area (Å²) in [6, 6.07) is -0.836. The van der Waals surface area contributed by atoms with E-state index in [4.69, 9.17) is 5.73 Å². The van der Waals surface area contributed by atoms with E-state index in [1.165, 1.54) is 0 Å². The lowest BCUT2D eigenvalue weighted by Gasteiger charge is -2.06. The Morgan fingerprint density at radius 3 is 2.70 bits per heavy atom. The van der Waals surface area contributed by atoms with E-state index in [9.17, 15) is 9.70 Å². The number of rotatable bonds is 4. The Bertz CT molecular complexity index is 146. The zero-order valence-corrected chi connectivity index (χ0v) is 5.49. The summed E-state index contributed by atoms with van der Waals surface area (Å²) >= 11 is 0. The Kier molecular flexibility index (Phi) is 3.86. The van der Waals surface area contributed by atoms with Gasteiger partial charge in [0, 0.05) is 0 Å². The van der Waals surface area contributed by atoms with Gasteiger partial charge in [-0.15, -0.1) is 11.5 Å². The van der Waals surface area contributed by atoms with Gasteiger partial charge in [-0.2, -0.15) is 5.01 Å². The first-order valence-electron chi connectivity index (χ1n) is 2.73. The number of nitroso groups, excluding NO2 is 1. The second kappa shape index (κ2) is 4.49. The van der Waals surface area contributed by atoms with Crippen molar-refractivity contribution >= 4 is 6.03 Å². The highest BCUT2D eigenvalue weighted by Crippen LogP contribution is 1.91. The highest BCUT2D eigenvalue weighted by atomic mass is 16.3. The van der Waals surface area contributed by atoms with E-state index in [0.717, 1.165) is 0 Å². The maximum absolute atomic E-state index is 10.3. The predicted octanol–water partition coefficient (Wildman–Crippen LogP) is 0.625. The predicted molar refractivity (Wildman–Crippen MR) is 36.9 cm³/mol. The largest absolute Gasteiger partial charge is 0.350 e. The number of primary amides is 1. The maximum atomic E-state index is 10.3. The Morgan fingerprint density at radius 1 is 1.80 bits per heavy atom. The average Bonchev–Trinajstić information content (AvgIpc) is 1.89. The van der Waals surface area contributed by atoms with Gasteiger partial charge in [-0.25, -0.2) is 4.79 Å². The first kappa shape index (κ1) is 8.61. The lowest BCUT2D eigenvalue weighted by molar-refractivity contribution is 0.210. The van der Waals surface area contributed by atoms with E-state index in [1.54, 1.807) is 6.08 Å². The molecule has 0 aliphatic rings. The van der Waals surface area contributed by atoms with Crippen molar-refractivity contribution in [1.82, 2.24) is 5.01 Å². The van der Waals surface area contributed by atoms with Gasteiger partial charge in [0.25, 0.3) is 0 Å². The van der Waals surface area contributed by atoms with Crippen molar-refractivity contribution in [1.29, 1.82) is 0 Å². The van der Waals surface area contributed by atoms with Crippen LogP contribution in [0.5, 0.6) is 0 Å². The molecule has 2 N–H and O–H groups in total.